The van der Waals surface area contributed by atoms with Crippen LogP contribution in [0.15, 0.2) is 15.3 Å². The van der Waals surface area contributed by atoms with E-state index in [1.54, 1.807) is 6.92 Å². The second-order valence-corrected chi connectivity index (χ2v) is 7.49. The molecule has 7 heteroatoms. The van der Waals surface area contributed by atoms with Crippen molar-refractivity contribution in [1.82, 2.24) is 10.6 Å². The first-order valence-corrected chi connectivity index (χ1v) is 9.33. The van der Waals surface area contributed by atoms with Gasteiger partial charge in [-0.1, -0.05) is 19.3 Å². The monoisotopic (exact) mass is 384 g/mol. The fraction of sp³-hybridized carbons (Fsp3) is 0.684. The molecule has 1 aliphatic heterocycles. The highest BCUT2D eigenvalue weighted by Gasteiger charge is 2.34. The van der Waals surface area contributed by atoms with Crippen molar-refractivity contribution in [1.29, 1.82) is 0 Å². The van der Waals surface area contributed by atoms with E-state index in [4.69, 9.17) is 4.42 Å². The third kappa shape index (κ3) is 4.48. The number of hydrogen-bond donors (Lipinski definition) is 3. The van der Waals surface area contributed by atoms with Crippen molar-refractivity contribution >= 4 is 18.3 Å². The predicted octanol–water partition coefficient (Wildman–Crippen LogP) is 2.26. The normalized spacial score (nSPS) is 22.3. The van der Waals surface area contributed by atoms with Crippen LogP contribution in [0.25, 0.3) is 0 Å². The summed E-state index contributed by atoms with van der Waals surface area (Å²) in [6, 6.07) is 1.82. The van der Waals surface area contributed by atoms with Gasteiger partial charge in [-0.3, -0.25) is 4.79 Å². The van der Waals surface area contributed by atoms with Crippen molar-refractivity contribution in [2.75, 3.05) is 19.7 Å². The first kappa shape index (κ1) is 20.9. The number of carbonyl (C=O) groups excluding carboxylic acids is 1. The third-order valence-corrected chi connectivity index (χ3v) is 5.59. The van der Waals surface area contributed by atoms with E-state index in [2.05, 4.69) is 10.6 Å². The number of aliphatic hydroxyl groups is 1. The molecule has 6 nitrogen and oxygen atoms in total. The maximum absolute atomic E-state index is 12.7. The summed E-state index contributed by atoms with van der Waals surface area (Å²) in [5.74, 6) is 0.399. The summed E-state index contributed by atoms with van der Waals surface area (Å²) in [6.45, 7) is 3.46. The van der Waals surface area contributed by atoms with Gasteiger partial charge in [0.2, 0.25) is 0 Å². The summed E-state index contributed by atoms with van der Waals surface area (Å²) < 4.78 is 5.49. The molecule has 1 unspecified atom stereocenters. The second kappa shape index (κ2) is 9.02. The zero-order valence-corrected chi connectivity index (χ0v) is 16.1. The van der Waals surface area contributed by atoms with E-state index in [1.165, 1.54) is 0 Å². The summed E-state index contributed by atoms with van der Waals surface area (Å²) in [5.41, 5.74) is -0.494. The molecule has 3 rings (SSSR count). The molecule has 0 bridgehead atoms. The van der Waals surface area contributed by atoms with Crippen LogP contribution in [0.5, 0.6) is 0 Å². The number of aryl methyl sites for hydroxylation is 1. The highest BCUT2D eigenvalue weighted by Crippen LogP contribution is 2.28. The van der Waals surface area contributed by atoms with Crippen LogP contribution in [0, 0.1) is 6.92 Å². The number of piperidine rings is 1. The number of aliphatic hydroxyl groups excluding tert-OH is 1. The van der Waals surface area contributed by atoms with Crippen molar-refractivity contribution in [3.05, 3.63) is 33.4 Å². The van der Waals surface area contributed by atoms with Gasteiger partial charge in [-0.05, 0) is 50.8 Å². The van der Waals surface area contributed by atoms with Gasteiger partial charge in [0.1, 0.15) is 11.3 Å². The Hall–Kier alpha value is -1.37. The largest absolute Gasteiger partial charge is 0.427 e. The fourth-order valence-electron chi connectivity index (χ4n) is 4.06. The molecule has 2 aliphatic rings. The van der Waals surface area contributed by atoms with Crippen molar-refractivity contribution in [3.8, 4) is 0 Å². The van der Waals surface area contributed by atoms with Crippen LogP contribution in [0.4, 0.5) is 0 Å². The summed E-state index contributed by atoms with van der Waals surface area (Å²) in [5, 5.41) is 16.0. The standard InChI is InChI=1S/C19H28N2O4.ClH/c1-13-10-15(14-6-5-9-20-11-14)25-18(24)16(13)17(23)21-19(12-22)7-3-2-4-8-19;/h10,14,20,22H,2-9,11-12H2,1H3,(H,21,23);1H. The number of nitrogens with one attached hydrogen (secondary N) is 2. The Balaban J connectivity index is 0.00000243. The Labute approximate surface area is 160 Å². The van der Waals surface area contributed by atoms with Gasteiger partial charge in [0.15, 0.2) is 0 Å². The molecule has 1 aromatic rings. The van der Waals surface area contributed by atoms with Crippen molar-refractivity contribution in [2.24, 2.45) is 0 Å². The highest BCUT2D eigenvalue weighted by atomic mass is 35.5. The molecule has 1 aliphatic carbocycles. The Kier molecular flexibility index (Phi) is 7.26. The lowest BCUT2D eigenvalue weighted by Crippen LogP contribution is -2.53. The molecule has 26 heavy (non-hydrogen) atoms. The lowest BCUT2D eigenvalue weighted by atomic mass is 9.82. The second-order valence-electron chi connectivity index (χ2n) is 7.49. The SMILES string of the molecule is Cc1cc(C2CCCNC2)oc(=O)c1C(=O)NC1(CO)CCCCC1.Cl. The Bertz CT molecular complexity index is 677. The van der Waals surface area contributed by atoms with Gasteiger partial charge in [-0.2, -0.15) is 0 Å². The number of hydrogen-bond acceptors (Lipinski definition) is 5. The van der Waals surface area contributed by atoms with Gasteiger partial charge in [0.05, 0.1) is 12.1 Å². The van der Waals surface area contributed by atoms with Crippen LogP contribution < -0.4 is 16.3 Å². The van der Waals surface area contributed by atoms with Gasteiger partial charge in [-0.15, -0.1) is 12.4 Å². The van der Waals surface area contributed by atoms with Crippen molar-refractivity contribution in [3.63, 3.8) is 0 Å². The molecule has 146 valence electrons. The van der Waals surface area contributed by atoms with Gasteiger partial charge < -0.3 is 20.2 Å². The number of amides is 1. The van der Waals surface area contributed by atoms with Gasteiger partial charge in [0.25, 0.3) is 5.91 Å². The Morgan fingerprint density at radius 2 is 2.08 bits per heavy atom. The molecule has 3 N–H and O–H groups in total. The van der Waals surface area contributed by atoms with Crippen LogP contribution in [-0.4, -0.2) is 36.2 Å². The topological polar surface area (TPSA) is 91.6 Å². The molecule has 0 aromatic carbocycles. The number of halogens is 1. The average Bonchev–Trinajstić information content (AvgIpc) is 2.62. The molecular formula is C19H29ClN2O4. The molecule has 1 amide bonds. The molecule has 1 atom stereocenters. The van der Waals surface area contributed by atoms with Crippen LogP contribution in [0.3, 0.4) is 0 Å². The van der Waals surface area contributed by atoms with Crippen molar-refractivity contribution < 1.29 is 14.3 Å². The number of carbonyl (C=O) groups is 1. The van der Waals surface area contributed by atoms with E-state index in [0.29, 0.717) is 11.3 Å². The first-order valence-electron chi connectivity index (χ1n) is 9.33. The first-order chi connectivity index (χ1) is 12.0. The maximum atomic E-state index is 12.7. The fourth-order valence-corrected chi connectivity index (χ4v) is 4.06. The lowest BCUT2D eigenvalue weighted by Gasteiger charge is -2.36. The van der Waals surface area contributed by atoms with Crippen LogP contribution in [0.1, 0.15) is 72.5 Å². The van der Waals surface area contributed by atoms with Crippen LogP contribution in [-0.2, 0) is 0 Å². The molecule has 1 saturated heterocycles. The lowest BCUT2D eigenvalue weighted by molar-refractivity contribution is 0.0753. The minimum atomic E-state index is -0.611. The Morgan fingerprint density at radius 3 is 2.65 bits per heavy atom. The number of rotatable bonds is 4. The summed E-state index contributed by atoms with van der Waals surface area (Å²) in [4.78, 5) is 25.2. The van der Waals surface area contributed by atoms with Gasteiger partial charge in [0, 0.05) is 12.5 Å². The van der Waals surface area contributed by atoms with E-state index < -0.39 is 17.1 Å². The molecule has 1 saturated carbocycles. The summed E-state index contributed by atoms with van der Waals surface area (Å²) in [6.07, 6.45) is 6.58. The van der Waals surface area contributed by atoms with Gasteiger partial charge in [-0.25, -0.2) is 4.79 Å². The molecule has 1 aromatic heterocycles. The van der Waals surface area contributed by atoms with Gasteiger partial charge >= 0.3 is 5.63 Å². The smallest absolute Gasteiger partial charge is 0.349 e. The zero-order valence-electron chi connectivity index (χ0n) is 15.3. The van der Waals surface area contributed by atoms with E-state index in [0.717, 1.165) is 58.0 Å². The van der Waals surface area contributed by atoms with E-state index in [-0.39, 0.29) is 30.5 Å². The van der Waals surface area contributed by atoms with Crippen molar-refractivity contribution in [2.45, 2.75) is 63.3 Å². The molecule has 0 spiro atoms. The van der Waals surface area contributed by atoms with Crippen LogP contribution in [0.2, 0.25) is 0 Å². The quantitative estimate of drug-likeness (QED) is 0.740. The van der Waals surface area contributed by atoms with E-state index >= 15 is 0 Å². The minimum Gasteiger partial charge on any atom is -0.427 e. The average molecular weight is 385 g/mol. The molecule has 2 heterocycles. The molecule has 0 radical (unpaired) electrons. The molecule has 2 fully saturated rings. The third-order valence-electron chi connectivity index (χ3n) is 5.59. The summed E-state index contributed by atoms with van der Waals surface area (Å²) >= 11 is 0. The maximum Gasteiger partial charge on any atom is 0.349 e. The predicted molar refractivity (Wildman–Crippen MR) is 102 cm³/mol. The highest BCUT2D eigenvalue weighted by molar-refractivity contribution is 5.95. The Morgan fingerprint density at radius 1 is 1.35 bits per heavy atom. The molecular weight excluding hydrogens is 356 g/mol. The van der Waals surface area contributed by atoms with Crippen LogP contribution >= 0.6 is 12.4 Å². The summed E-state index contributed by atoms with van der Waals surface area (Å²) in [7, 11) is 0. The van der Waals surface area contributed by atoms with E-state index in [1.807, 2.05) is 6.07 Å². The zero-order chi connectivity index (χ0) is 17.9. The van der Waals surface area contributed by atoms with E-state index in [9.17, 15) is 14.7 Å². The minimum absolute atomic E-state index is 0.